The number of imidazole rings is 1. The Bertz CT molecular complexity index is 433. The number of hydrogen-bond acceptors (Lipinski definition) is 3. The van der Waals surface area contributed by atoms with E-state index in [2.05, 4.69) is 16.9 Å². The van der Waals surface area contributed by atoms with Gasteiger partial charge in [-0.25, -0.2) is 4.98 Å². The normalized spacial score (nSPS) is 10.9. The highest BCUT2D eigenvalue weighted by molar-refractivity contribution is 5.51. The van der Waals surface area contributed by atoms with Gasteiger partial charge in [0.05, 0.1) is 11.9 Å². The molecule has 0 bridgehead atoms. The Balaban J connectivity index is 2.41. The fourth-order valence-corrected chi connectivity index (χ4v) is 1.50. The van der Waals surface area contributed by atoms with Crippen molar-refractivity contribution >= 4 is 11.5 Å². The summed E-state index contributed by atoms with van der Waals surface area (Å²) in [5.41, 5.74) is 7.77. The molecule has 0 saturated heterocycles. The number of unbranched alkanes of at least 4 members (excludes halogenated alkanes) is 1. The molecule has 0 saturated carbocycles. The van der Waals surface area contributed by atoms with Crippen LogP contribution in [0.4, 0.5) is 5.82 Å². The first-order valence-electron chi connectivity index (χ1n) is 4.89. The second-order valence-electron chi connectivity index (χ2n) is 3.35. The van der Waals surface area contributed by atoms with Gasteiger partial charge in [-0.2, -0.15) is 0 Å². The fourth-order valence-electron chi connectivity index (χ4n) is 1.50. The van der Waals surface area contributed by atoms with Crippen molar-refractivity contribution in [2.24, 2.45) is 0 Å². The van der Waals surface area contributed by atoms with E-state index in [-0.39, 0.29) is 0 Å². The predicted molar refractivity (Wildman–Crippen MR) is 56.0 cm³/mol. The molecule has 2 aromatic heterocycles. The van der Waals surface area contributed by atoms with Crippen LogP contribution in [0.3, 0.4) is 0 Å². The van der Waals surface area contributed by atoms with E-state index < -0.39 is 0 Å². The number of aryl methyl sites for hydroxylation is 1. The van der Waals surface area contributed by atoms with Crippen LogP contribution in [0.2, 0.25) is 0 Å². The van der Waals surface area contributed by atoms with Crippen molar-refractivity contribution in [3.05, 3.63) is 24.3 Å². The van der Waals surface area contributed by atoms with Gasteiger partial charge in [0.2, 0.25) is 0 Å². The number of aromatic nitrogens is 3. The van der Waals surface area contributed by atoms with E-state index in [1.54, 1.807) is 12.4 Å². The number of fused-ring (bicyclic) bond motifs is 1. The average Bonchev–Trinajstić information content (AvgIpc) is 2.54. The molecule has 0 atom stereocenters. The van der Waals surface area contributed by atoms with Crippen molar-refractivity contribution in [2.75, 3.05) is 5.73 Å². The third-order valence-corrected chi connectivity index (χ3v) is 2.31. The van der Waals surface area contributed by atoms with E-state index in [9.17, 15) is 0 Å². The van der Waals surface area contributed by atoms with Gasteiger partial charge < -0.3 is 5.73 Å². The number of nitrogens with zero attached hydrogens (tertiary/aromatic N) is 3. The zero-order chi connectivity index (χ0) is 9.97. The minimum Gasteiger partial charge on any atom is -0.383 e. The topological polar surface area (TPSA) is 56.2 Å². The van der Waals surface area contributed by atoms with E-state index in [4.69, 9.17) is 5.73 Å². The first-order chi connectivity index (χ1) is 6.83. The number of rotatable bonds is 3. The standard InChI is InChI=1S/C10H14N4/c1-2-3-4-8-10(11)14-6-5-12-7-9(14)13-8/h5-7H,2-4,11H2,1H3. The smallest absolute Gasteiger partial charge is 0.157 e. The Hall–Kier alpha value is -1.58. The highest BCUT2D eigenvalue weighted by atomic mass is 15.1. The minimum absolute atomic E-state index is 0.746. The Morgan fingerprint density at radius 1 is 1.50 bits per heavy atom. The van der Waals surface area contributed by atoms with Gasteiger partial charge in [-0.1, -0.05) is 13.3 Å². The maximum Gasteiger partial charge on any atom is 0.157 e. The lowest BCUT2D eigenvalue weighted by molar-refractivity contribution is 0.783. The Labute approximate surface area is 82.8 Å². The molecule has 2 heterocycles. The van der Waals surface area contributed by atoms with E-state index in [1.807, 2.05) is 10.6 Å². The van der Waals surface area contributed by atoms with Gasteiger partial charge in [-0.3, -0.25) is 9.38 Å². The first-order valence-corrected chi connectivity index (χ1v) is 4.89. The fraction of sp³-hybridized carbons (Fsp3) is 0.400. The van der Waals surface area contributed by atoms with E-state index in [0.29, 0.717) is 0 Å². The Morgan fingerprint density at radius 3 is 3.07 bits per heavy atom. The van der Waals surface area contributed by atoms with Crippen LogP contribution in [0.5, 0.6) is 0 Å². The predicted octanol–water partition coefficient (Wildman–Crippen LogP) is 1.65. The molecule has 2 N–H and O–H groups in total. The summed E-state index contributed by atoms with van der Waals surface area (Å²) in [5.74, 6) is 0.746. The van der Waals surface area contributed by atoms with Gasteiger partial charge in [-0.05, 0) is 12.8 Å². The zero-order valence-corrected chi connectivity index (χ0v) is 8.27. The summed E-state index contributed by atoms with van der Waals surface area (Å²) >= 11 is 0. The molecule has 0 unspecified atom stereocenters. The Morgan fingerprint density at radius 2 is 2.36 bits per heavy atom. The summed E-state index contributed by atoms with van der Waals surface area (Å²) in [6, 6.07) is 0. The monoisotopic (exact) mass is 190 g/mol. The number of nitrogens with two attached hydrogens (primary N) is 1. The summed E-state index contributed by atoms with van der Waals surface area (Å²) in [6.07, 6.45) is 8.52. The summed E-state index contributed by atoms with van der Waals surface area (Å²) in [6.45, 7) is 2.16. The molecule has 0 amide bonds. The van der Waals surface area contributed by atoms with Crippen molar-refractivity contribution in [1.82, 2.24) is 14.4 Å². The number of hydrogen-bond donors (Lipinski definition) is 1. The van der Waals surface area contributed by atoms with Gasteiger partial charge >= 0.3 is 0 Å². The molecule has 0 aliphatic rings. The van der Waals surface area contributed by atoms with Crippen LogP contribution in [0.1, 0.15) is 25.5 Å². The molecule has 0 aliphatic carbocycles. The van der Waals surface area contributed by atoms with E-state index in [1.165, 1.54) is 0 Å². The van der Waals surface area contributed by atoms with Gasteiger partial charge in [0.1, 0.15) is 5.82 Å². The van der Waals surface area contributed by atoms with Crippen molar-refractivity contribution in [2.45, 2.75) is 26.2 Å². The van der Waals surface area contributed by atoms with Gasteiger partial charge in [0.25, 0.3) is 0 Å². The average molecular weight is 190 g/mol. The quantitative estimate of drug-likeness (QED) is 0.800. The van der Waals surface area contributed by atoms with Crippen LogP contribution >= 0.6 is 0 Å². The zero-order valence-electron chi connectivity index (χ0n) is 8.27. The van der Waals surface area contributed by atoms with Gasteiger partial charge in [0, 0.05) is 12.4 Å². The first kappa shape index (κ1) is 8.99. The van der Waals surface area contributed by atoms with Gasteiger partial charge in [-0.15, -0.1) is 0 Å². The lowest BCUT2D eigenvalue weighted by atomic mass is 10.2. The summed E-state index contributed by atoms with van der Waals surface area (Å²) in [7, 11) is 0. The molecule has 0 aliphatic heterocycles. The van der Waals surface area contributed by atoms with Crippen LogP contribution in [-0.2, 0) is 6.42 Å². The van der Waals surface area contributed by atoms with Crippen LogP contribution in [-0.4, -0.2) is 14.4 Å². The summed E-state index contributed by atoms with van der Waals surface area (Å²) in [5, 5.41) is 0. The molecule has 0 aromatic carbocycles. The van der Waals surface area contributed by atoms with Gasteiger partial charge in [0.15, 0.2) is 5.65 Å². The molecule has 4 heteroatoms. The summed E-state index contributed by atoms with van der Waals surface area (Å²) in [4.78, 5) is 8.43. The third-order valence-electron chi connectivity index (χ3n) is 2.31. The van der Waals surface area contributed by atoms with Crippen molar-refractivity contribution in [1.29, 1.82) is 0 Å². The third kappa shape index (κ3) is 1.43. The minimum atomic E-state index is 0.746. The van der Waals surface area contributed by atoms with Crippen molar-refractivity contribution in [3.8, 4) is 0 Å². The molecule has 2 rings (SSSR count). The molecule has 0 fully saturated rings. The molecule has 4 nitrogen and oxygen atoms in total. The maximum absolute atomic E-state index is 5.95. The molecular weight excluding hydrogens is 176 g/mol. The SMILES string of the molecule is CCCCc1nc2cnccn2c1N. The lowest BCUT2D eigenvalue weighted by Gasteiger charge is -1.96. The van der Waals surface area contributed by atoms with Crippen LogP contribution in [0.25, 0.3) is 5.65 Å². The molecule has 0 radical (unpaired) electrons. The maximum atomic E-state index is 5.95. The lowest BCUT2D eigenvalue weighted by Crippen LogP contribution is -1.96. The largest absolute Gasteiger partial charge is 0.383 e. The van der Waals surface area contributed by atoms with Crippen molar-refractivity contribution in [3.63, 3.8) is 0 Å². The number of nitrogen functional groups attached to an aromatic ring is 1. The molecule has 2 aromatic rings. The van der Waals surface area contributed by atoms with Crippen molar-refractivity contribution < 1.29 is 0 Å². The molecule has 14 heavy (non-hydrogen) atoms. The second kappa shape index (κ2) is 3.65. The second-order valence-corrected chi connectivity index (χ2v) is 3.35. The van der Waals surface area contributed by atoms with Crippen LogP contribution < -0.4 is 5.73 Å². The molecular formula is C10H14N4. The van der Waals surface area contributed by atoms with Crippen LogP contribution in [0, 0.1) is 0 Å². The Kier molecular flexibility index (Phi) is 2.35. The highest BCUT2D eigenvalue weighted by Crippen LogP contribution is 2.15. The molecule has 74 valence electrons. The van der Waals surface area contributed by atoms with E-state index in [0.717, 1.165) is 36.4 Å². The highest BCUT2D eigenvalue weighted by Gasteiger charge is 2.07. The van der Waals surface area contributed by atoms with Crippen LogP contribution in [0.15, 0.2) is 18.6 Å². The van der Waals surface area contributed by atoms with E-state index >= 15 is 0 Å². The molecule has 0 spiro atoms. The number of anilines is 1. The summed E-state index contributed by atoms with van der Waals surface area (Å²) < 4.78 is 1.87.